The second kappa shape index (κ2) is 4.75. The van der Waals surface area contributed by atoms with Gasteiger partial charge in [-0.2, -0.15) is 0 Å². The van der Waals surface area contributed by atoms with Gasteiger partial charge in [0.05, 0.1) is 0 Å². The molecule has 1 aromatic carbocycles. The summed E-state index contributed by atoms with van der Waals surface area (Å²) in [6, 6.07) is 5.22. The maximum Gasteiger partial charge on any atom is 0.376 e. The van der Waals surface area contributed by atoms with Crippen LogP contribution in [0.3, 0.4) is 0 Å². The topological polar surface area (TPSA) is 54.4 Å². The van der Waals surface area contributed by atoms with Crippen LogP contribution in [0.5, 0.6) is 0 Å². The van der Waals surface area contributed by atoms with E-state index in [2.05, 4.69) is 0 Å². The van der Waals surface area contributed by atoms with Crippen LogP contribution in [0.4, 0.5) is 0 Å². The highest BCUT2D eigenvalue weighted by atomic mass is 35.5. The summed E-state index contributed by atoms with van der Waals surface area (Å²) in [6.07, 6.45) is 2.42. The van der Waals surface area contributed by atoms with E-state index in [1.165, 1.54) is 6.08 Å². The summed E-state index contributed by atoms with van der Waals surface area (Å²) < 4.78 is 0. The van der Waals surface area contributed by atoms with Gasteiger partial charge in [0.15, 0.2) is 0 Å². The van der Waals surface area contributed by atoms with E-state index in [-0.39, 0.29) is 0 Å². The first-order valence-electron chi connectivity index (χ1n) is 4.22. The molecule has 1 N–H and O–H groups in total. The Hall–Kier alpha value is -1.61. The maximum absolute atomic E-state index is 10.7. The molecule has 0 amide bonds. The van der Waals surface area contributed by atoms with E-state index in [0.717, 1.165) is 11.6 Å². The Labute approximate surface area is 92.0 Å². The third-order valence-corrected chi connectivity index (χ3v) is 2.24. The van der Waals surface area contributed by atoms with E-state index in [4.69, 9.17) is 16.7 Å². The van der Waals surface area contributed by atoms with Crippen molar-refractivity contribution in [1.29, 1.82) is 0 Å². The van der Waals surface area contributed by atoms with Gasteiger partial charge in [-0.15, -0.1) is 0 Å². The molecule has 0 heterocycles. The summed E-state index contributed by atoms with van der Waals surface area (Å²) in [5.41, 5.74) is 1.62. The van der Waals surface area contributed by atoms with Crippen molar-refractivity contribution in [3.05, 3.63) is 40.4 Å². The molecule has 15 heavy (non-hydrogen) atoms. The summed E-state index contributed by atoms with van der Waals surface area (Å²) in [7, 11) is 0. The molecule has 3 nitrogen and oxygen atoms in total. The van der Waals surface area contributed by atoms with Crippen LogP contribution in [0.15, 0.2) is 24.3 Å². The number of halogens is 1. The number of carbonyl (C=O) groups is 2. The zero-order valence-corrected chi connectivity index (χ0v) is 8.78. The van der Waals surface area contributed by atoms with Crippen LogP contribution >= 0.6 is 11.6 Å². The number of ketones is 1. The van der Waals surface area contributed by atoms with E-state index >= 15 is 0 Å². The van der Waals surface area contributed by atoms with Gasteiger partial charge in [-0.1, -0.05) is 29.8 Å². The van der Waals surface area contributed by atoms with Crippen LogP contribution in [0, 0.1) is 6.92 Å². The number of hydrogen-bond acceptors (Lipinski definition) is 2. The maximum atomic E-state index is 10.7. The Morgan fingerprint density at radius 2 is 2.07 bits per heavy atom. The lowest BCUT2D eigenvalue weighted by atomic mass is 10.1. The third-order valence-electron chi connectivity index (χ3n) is 1.83. The van der Waals surface area contributed by atoms with E-state index in [0.29, 0.717) is 10.6 Å². The van der Waals surface area contributed by atoms with Crippen molar-refractivity contribution in [2.75, 3.05) is 0 Å². The highest BCUT2D eigenvalue weighted by molar-refractivity contribution is 6.38. The summed E-state index contributed by atoms with van der Waals surface area (Å²) in [6.45, 7) is 1.86. The normalized spacial score (nSPS) is 10.5. The summed E-state index contributed by atoms with van der Waals surface area (Å²) in [5, 5.41) is 8.92. The molecule has 0 saturated carbocycles. The minimum absolute atomic E-state index is 0.583. The minimum Gasteiger partial charge on any atom is -0.475 e. The van der Waals surface area contributed by atoms with Crippen molar-refractivity contribution >= 4 is 29.4 Å². The van der Waals surface area contributed by atoms with Crippen LogP contribution in [-0.2, 0) is 9.59 Å². The quantitative estimate of drug-likeness (QED) is 0.633. The molecule has 0 aromatic heterocycles. The highest BCUT2D eigenvalue weighted by Crippen LogP contribution is 2.17. The Bertz CT molecular complexity index is 435. The van der Waals surface area contributed by atoms with Gasteiger partial charge in [0.1, 0.15) is 0 Å². The van der Waals surface area contributed by atoms with Gasteiger partial charge in [0, 0.05) is 5.02 Å². The predicted molar refractivity (Wildman–Crippen MR) is 57.9 cm³/mol. The molecule has 0 aliphatic rings. The monoisotopic (exact) mass is 224 g/mol. The fourth-order valence-electron chi connectivity index (χ4n) is 0.956. The molecule has 0 fully saturated rings. The zero-order valence-electron chi connectivity index (χ0n) is 8.03. The van der Waals surface area contributed by atoms with E-state index in [9.17, 15) is 9.59 Å². The number of aliphatic carboxylic acids is 1. The van der Waals surface area contributed by atoms with Gasteiger partial charge in [-0.3, -0.25) is 4.79 Å². The van der Waals surface area contributed by atoms with E-state index < -0.39 is 11.8 Å². The molecule has 0 aliphatic carbocycles. The SMILES string of the molecule is Cc1ccc(/C=C/C(=O)C(=O)O)cc1Cl. The average Bonchev–Trinajstić information content (AvgIpc) is 2.19. The Kier molecular flexibility index (Phi) is 3.63. The van der Waals surface area contributed by atoms with Crippen LogP contribution in [0.1, 0.15) is 11.1 Å². The minimum atomic E-state index is -1.47. The standard InChI is InChI=1S/C11H9ClO3/c1-7-2-3-8(6-9(7)12)4-5-10(13)11(14)15/h2-6H,1H3,(H,14,15)/b5-4+. The second-order valence-corrected chi connectivity index (χ2v) is 3.42. The summed E-state index contributed by atoms with van der Waals surface area (Å²) in [4.78, 5) is 21.0. The molecule has 0 radical (unpaired) electrons. The molecule has 1 rings (SSSR count). The first kappa shape index (κ1) is 11.5. The number of benzene rings is 1. The largest absolute Gasteiger partial charge is 0.475 e. The first-order valence-corrected chi connectivity index (χ1v) is 4.60. The summed E-state index contributed by atoms with van der Waals surface area (Å²) >= 11 is 5.86. The van der Waals surface area contributed by atoms with Crippen molar-refractivity contribution in [1.82, 2.24) is 0 Å². The van der Waals surface area contributed by atoms with Gasteiger partial charge in [-0.05, 0) is 30.2 Å². The van der Waals surface area contributed by atoms with Crippen molar-refractivity contribution < 1.29 is 14.7 Å². The smallest absolute Gasteiger partial charge is 0.376 e. The fraction of sp³-hybridized carbons (Fsp3) is 0.0909. The Balaban J connectivity index is 2.86. The highest BCUT2D eigenvalue weighted by Gasteiger charge is 2.05. The van der Waals surface area contributed by atoms with Crippen molar-refractivity contribution in [2.45, 2.75) is 6.92 Å². The lowest BCUT2D eigenvalue weighted by Crippen LogP contribution is -2.08. The Morgan fingerprint density at radius 1 is 1.40 bits per heavy atom. The van der Waals surface area contributed by atoms with Gasteiger partial charge in [0.2, 0.25) is 0 Å². The van der Waals surface area contributed by atoms with Gasteiger partial charge in [0.25, 0.3) is 5.78 Å². The molecule has 4 heteroatoms. The fourth-order valence-corrected chi connectivity index (χ4v) is 1.14. The van der Waals surface area contributed by atoms with Crippen LogP contribution < -0.4 is 0 Å². The van der Waals surface area contributed by atoms with Gasteiger partial charge >= 0.3 is 5.97 Å². The third kappa shape index (κ3) is 3.22. The number of rotatable bonds is 3. The molecule has 0 aliphatic heterocycles. The molecular formula is C11H9ClO3. The van der Waals surface area contributed by atoms with Crippen LogP contribution in [0.25, 0.3) is 6.08 Å². The van der Waals surface area contributed by atoms with Crippen molar-refractivity contribution in [2.24, 2.45) is 0 Å². The molecule has 0 spiro atoms. The molecule has 1 aromatic rings. The van der Waals surface area contributed by atoms with E-state index in [1.807, 2.05) is 6.92 Å². The van der Waals surface area contributed by atoms with E-state index in [1.54, 1.807) is 18.2 Å². The molecule has 78 valence electrons. The zero-order chi connectivity index (χ0) is 11.4. The lowest BCUT2D eigenvalue weighted by molar-refractivity contribution is -0.146. The second-order valence-electron chi connectivity index (χ2n) is 3.01. The number of carbonyl (C=O) groups excluding carboxylic acids is 1. The average molecular weight is 225 g/mol. The number of aryl methyl sites for hydroxylation is 1. The number of hydrogen-bond donors (Lipinski definition) is 1. The van der Waals surface area contributed by atoms with Crippen LogP contribution in [0.2, 0.25) is 5.02 Å². The number of carboxylic acid groups (broad SMARTS) is 1. The number of carboxylic acids is 1. The summed E-state index contributed by atoms with van der Waals surface area (Å²) in [5.74, 6) is -2.42. The predicted octanol–water partition coefficient (Wildman–Crippen LogP) is 2.32. The lowest BCUT2D eigenvalue weighted by Gasteiger charge is -1.98. The van der Waals surface area contributed by atoms with Crippen molar-refractivity contribution in [3.63, 3.8) is 0 Å². The van der Waals surface area contributed by atoms with Gasteiger partial charge < -0.3 is 5.11 Å². The first-order chi connectivity index (χ1) is 7.00. The van der Waals surface area contributed by atoms with Gasteiger partial charge in [-0.25, -0.2) is 4.79 Å². The molecule has 0 atom stereocenters. The van der Waals surface area contributed by atoms with Crippen LogP contribution in [-0.4, -0.2) is 16.9 Å². The molecule has 0 saturated heterocycles. The molecule has 0 unspecified atom stereocenters. The molecular weight excluding hydrogens is 216 g/mol. The Morgan fingerprint density at radius 3 is 2.60 bits per heavy atom. The molecule has 0 bridgehead atoms. The van der Waals surface area contributed by atoms with Crippen molar-refractivity contribution in [3.8, 4) is 0 Å².